The van der Waals surface area contributed by atoms with Crippen LogP contribution in [0.4, 0.5) is 14.4 Å². The van der Waals surface area contributed by atoms with Gasteiger partial charge in [0.25, 0.3) is 0 Å². The molecule has 0 aliphatic heterocycles. The second-order valence-electron chi connectivity index (χ2n) is 19.2. The van der Waals surface area contributed by atoms with Crippen molar-refractivity contribution in [2.75, 3.05) is 0 Å². The standard InChI is InChI=1S/C22H34O3.C17H26O.C10H18O5/c1-5-6-7-8-17-9-11-18(12-10-17)19-13-15-20(16-14-19)24-21(23)25-22(2,3)4;1-2-3-4-5-14-6-8-15(9-7-14)16-10-12-17(18)13-11-16;1-9(2,3)14-7(11)13-8(12)15-10(4,5)6/h13-18H,5-12H2,1-4H3;10-15,18H,2-9H2,1H3;1-6H3. The summed E-state index contributed by atoms with van der Waals surface area (Å²) >= 11 is 0. The summed E-state index contributed by atoms with van der Waals surface area (Å²) < 4.78 is 24.2. The van der Waals surface area contributed by atoms with Gasteiger partial charge in [0.05, 0.1) is 0 Å². The molecule has 9 heteroatoms. The summed E-state index contributed by atoms with van der Waals surface area (Å²) in [6.45, 7) is 20.1. The van der Waals surface area contributed by atoms with Crippen molar-refractivity contribution in [3.05, 3.63) is 59.7 Å². The number of carbonyl (C=O) groups is 3. The van der Waals surface area contributed by atoms with Crippen LogP contribution in [0.3, 0.4) is 0 Å². The molecule has 2 aromatic rings. The van der Waals surface area contributed by atoms with Crippen LogP contribution in [0.5, 0.6) is 11.5 Å². The number of phenolic OH excluding ortho intramolecular Hbond substituents is 1. The van der Waals surface area contributed by atoms with Crippen molar-refractivity contribution >= 4 is 18.5 Å². The van der Waals surface area contributed by atoms with Crippen molar-refractivity contribution in [1.29, 1.82) is 0 Å². The minimum absolute atomic E-state index is 0.381. The molecule has 0 aromatic heterocycles. The molecular formula is C49H78O9. The van der Waals surface area contributed by atoms with Gasteiger partial charge < -0.3 is 28.8 Å². The quantitative estimate of drug-likeness (QED) is 0.0778. The maximum absolute atomic E-state index is 11.7. The Morgan fingerprint density at radius 3 is 1.21 bits per heavy atom. The van der Waals surface area contributed by atoms with E-state index in [9.17, 15) is 19.5 Å². The van der Waals surface area contributed by atoms with Crippen LogP contribution in [0.2, 0.25) is 0 Å². The van der Waals surface area contributed by atoms with E-state index in [2.05, 4.69) is 42.8 Å². The lowest BCUT2D eigenvalue weighted by Crippen LogP contribution is -2.29. The number of ether oxygens (including phenoxy) is 5. The highest BCUT2D eigenvalue weighted by molar-refractivity contribution is 5.77. The van der Waals surface area contributed by atoms with Crippen molar-refractivity contribution in [2.24, 2.45) is 11.8 Å². The van der Waals surface area contributed by atoms with Gasteiger partial charge in [0.1, 0.15) is 28.3 Å². The van der Waals surface area contributed by atoms with Crippen molar-refractivity contribution in [1.82, 2.24) is 0 Å². The molecule has 0 bridgehead atoms. The smallest absolute Gasteiger partial charge is 0.508 e. The molecule has 2 saturated carbocycles. The molecule has 58 heavy (non-hydrogen) atoms. The first-order valence-electron chi connectivity index (χ1n) is 22.1. The zero-order chi connectivity index (χ0) is 43.4. The van der Waals surface area contributed by atoms with Crippen LogP contribution in [0.1, 0.15) is 202 Å². The third kappa shape index (κ3) is 23.0. The van der Waals surface area contributed by atoms with Crippen molar-refractivity contribution in [3.63, 3.8) is 0 Å². The van der Waals surface area contributed by atoms with Gasteiger partial charge >= 0.3 is 18.5 Å². The van der Waals surface area contributed by atoms with E-state index >= 15 is 0 Å². The van der Waals surface area contributed by atoms with Crippen LogP contribution >= 0.6 is 0 Å². The number of carbonyl (C=O) groups excluding carboxylic acids is 3. The van der Waals surface area contributed by atoms with E-state index in [0.717, 1.165) is 17.8 Å². The third-order valence-electron chi connectivity index (χ3n) is 10.4. The maximum atomic E-state index is 11.7. The highest BCUT2D eigenvalue weighted by atomic mass is 16.8. The number of unbranched alkanes of at least 4 members (excludes halogenated alkanes) is 4. The molecule has 4 rings (SSSR count). The number of aromatic hydroxyl groups is 1. The molecule has 2 fully saturated rings. The minimum Gasteiger partial charge on any atom is -0.508 e. The number of hydrogen-bond acceptors (Lipinski definition) is 9. The molecular weight excluding hydrogens is 733 g/mol. The molecule has 2 aliphatic rings. The largest absolute Gasteiger partial charge is 0.519 e. The molecule has 0 amide bonds. The highest BCUT2D eigenvalue weighted by Crippen LogP contribution is 2.39. The molecule has 0 unspecified atom stereocenters. The Kier molecular flexibility index (Phi) is 21.7. The van der Waals surface area contributed by atoms with E-state index in [1.54, 1.807) is 41.5 Å². The van der Waals surface area contributed by atoms with Gasteiger partial charge in [-0.1, -0.05) is 89.5 Å². The fourth-order valence-corrected chi connectivity index (χ4v) is 7.47. The topological polar surface area (TPSA) is 118 Å². The van der Waals surface area contributed by atoms with Crippen LogP contribution in [-0.2, 0) is 18.9 Å². The lowest BCUT2D eigenvalue weighted by Gasteiger charge is -2.29. The van der Waals surface area contributed by atoms with E-state index in [1.165, 1.54) is 114 Å². The van der Waals surface area contributed by atoms with Gasteiger partial charge in [-0.2, -0.15) is 0 Å². The molecule has 2 aromatic carbocycles. The molecule has 0 heterocycles. The first kappa shape index (κ1) is 50.4. The molecule has 328 valence electrons. The van der Waals surface area contributed by atoms with Gasteiger partial charge in [0, 0.05) is 0 Å². The maximum Gasteiger partial charge on any atom is 0.519 e. The Morgan fingerprint density at radius 1 is 0.517 bits per heavy atom. The number of phenols is 1. The average Bonchev–Trinajstić information content (AvgIpc) is 3.11. The SMILES string of the molecule is CC(C)(C)OC(=O)OC(=O)OC(C)(C)C.CCCCCC1CCC(c2ccc(O)cc2)CC1.CCCCCC1CCC(c2ccc(OC(=O)OC(C)(C)C)cc2)CC1. The van der Waals surface area contributed by atoms with Crippen LogP contribution < -0.4 is 4.74 Å². The van der Waals surface area contributed by atoms with Gasteiger partial charge in [0.15, 0.2) is 0 Å². The summed E-state index contributed by atoms with van der Waals surface area (Å²) in [4.78, 5) is 33.7. The van der Waals surface area contributed by atoms with E-state index in [0.29, 0.717) is 17.4 Å². The highest BCUT2D eigenvalue weighted by Gasteiger charge is 2.26. The first-order chi connectivity index (χ1) is 27.2. The van der Waals surface area contributed by atoms with E-state index in [-0.39, 0.29) is 0 Å². The molecule has 0 saturated heterocycles. The predicted octanol–water partition coefficient (Wildman–Crippen LogP) is 15.0. The predicted molar refractivity (Wildman–Crippen MR) is 233 cm³/mol. The minimum atomic E-state index is -1.06. The zero-order valence-corrected chi connectivity index (χ0v) is 38.0. The summed E-state index contributed by atoms with van der Waals surface area (Å²) in [7, 11) is 0. The fraction of sp³-hybridized carbons (Fsp3) is 0.694. The number of rotatable bonds is 11. The van der Waals surface area contributed by atoms with Crippen LogP contribution in [0.25, 0.3) is 0 Å². The zero-order valence-electron chi connectivity index (χ0n) is 38.0. The first-order valence-corrected chi connectivity index (χ1v) is 22.1. The van der Waals surface area contributed by atoms with Crippen LogP contribution in [0, 0.1) is 11.8 Å². The van der Waals surface area contributed by atoms with Gasteiger partial charge in [0.2, 0.25) is 0 Å². The molecule has 0 spiro atoms. The summed E-state index contributed by atoms with van der Waals surface area (Å²) in [5.41, 5.74) is 0.855. The van der Waals surface area contributed by atoms with Crippen LogP contribution in [0.15, 0.2) is 48.5 Å². The molecule has 1 N–H and O–H groups in total. The average molecular weight is 811 g/mol. The fourth-order valence-electron chi connectivity index (χ4n) is 7.47. The summed E-state index contributed by atoms with van der Waals surface area (Å²) in [5, 5.41) is 9.32. The third-order valence-corrected chi connectivity index (χ3v) is 10.4. The second-order valence-corrected chi connectivity index (χ2v) is 19.2. The molecule has 0 radical (unpaired) electrons. The van der Waals surface area contributed by atoms with Crippen molar-refractivity contribution in [2.45, 2.75) is 208 Å². The van der Waals surface area contributed by atoms with Crippen molar-refractivity contribution in [3.8, 4) is 11.5 Å². The number of hydrogen-bond donors (Lipinski definition) is 1. The Labute approximate surface area is 351 Å². The Morgan fingerprint density at radius 2 is 0.862 bits per heavy atom. The van der Waals surface area contributed by atoms with Gasteiger partial charge in [-0.3, -0.25) is 0 Å². The summed E-state index contributed by atoms with van der Waals surface area (Å²) in [6, 6.07) is 15.8. The molecule has 0 atom stereocenters. The Hall–Kier alpha value is -3.75. The molecule has 9 nitrogen and oxygen atoms in total. The van der Waals surface area contributed by atoms with Gasteiger partial charge in [-0.15, -0.1) is 0 Å². The Bertz CT molecular complexity index is 1420. The second kappa shape index (κ2) is 25.0. The number of benzene rings is 2. The summed E-state index contributed by atoms with van der Waals surface area (Å²) in [5.74, 6) is 4.21. The van der Waals surface area contributed by atoms with Gasteiger partial charge in [-0.05, 0) is 173 Å². The van der Waals surface area contributed by atoms with E-state index < -0.39 is 35.3 Å². The van der Waals surface area contributed by atoms with E-state index in [1.807, 2.05) is 45.0 Å². The Balaban J connectivity index is 0.000000312. The lowest BCUT2D eigenvalue weighted by atomic mass is 9.77. The van der Waals surface area contributed by atoms with Crippen LogP contribution in [-0.4, -0.2) is 40.4 Å². The van der Waals surface area contributed by atoms with Crippen molar-refractivity contribution < 1.29 is 43.2 Å². The lowest BCUT2D eigenvalue weighted by molar-refractivity contribution is -0.0294. The van der Waals surface area contributed by atoms with Gasteiger partial charge in [-0.25, -0.2) is 14.4 Å². The monoisotopic (exact) mass is 811 g/mol. The molecule has 2 aliphatic carbocycles. The summed E-state index contributed by atoms with van der Waals surface area (Å²) in [6.07, 6.45) is 19.1. The normalized spacial score (nSPS) is 19.6. The van der Waals surface area contributed by atoms with E-state index in [4.69, 9.17) is 18.9 Å².